The Hall–Kier alpha value is -2.82. The molecule has 1 atom stereocenters. The van der Waals surface area contributed by atoms with Crippen LogP contribution in [0.2, 0.25) is 0 Å². The van der Waals surface area contributed by atoms with Gasteiger partial charge in [0, 0.05) is 18.2 Å². The van der Waals surface area contributed by atoms with Crippen LogP contribution in [0.15, 0.2) is 42.5 Å². The van der Waals surface area contributed by atoms with Gasteiger partial charge in [-0.25, -0.2) is 4.98 Å². The van der Waals surface area contributed by atoms with Crippen LogP contribution in [-0.4, -0.2) is 20.6 Å². The van der Waals surface area contributed by atoms with Gasteiger partial charge in [0.2, 0.25) is 5.95 Å². The number of carboxylic acid groups (broad SMARTS) is 1. The van der Waals surface area contributed by atoms with Crippen molar-refractivity contribution in [1.29, 1.82) is 0 Å². The molecule has 5 heteroatoms. The number of fused-ring (bicyclic) bond motifs is 1. The second kappa shape index (κ2) is 8.97. The number of benzene rings is 2. The first-order valence-corrected chi connectivity index (χ1v) is 11.8. The fourth-order valence-corrected chi connectivity index (χ4v) is 4.97. The maximum atomic E-state index is 11.0. The number of nitrogens with zero attached hydrogens (tertiary/aromatic N) is 2. The second-order valence-corrected chi connectivity index (χ2v) is 10.3. The van der Waals surface area contributed by atoms with Crippen LogP contribution < -0.4 is 5.32 Å². The first kappa shape index (κ1) is 22.4. The molecule has 1 saturated carbocycles. The van der Waals surface area contributed by atoms with Crippen LogP contribution in [0.5, 0.6) is 0 Å². The molecule has 0 saturated heterocycles. The Labute approximate surface area is 190 Å². The number of anilines is 2. The number of aliphatic carboxylic acids is 1. The van der Waals surface area contributed by atoms with Gasteiger partial charge in [-0.1, -0.05) is 52.3 Å². The molecule has 0 aliphatic heterocycles. The van der Waals surface area contributed by atoms with E-state index in [1.807, 2.05) is 0 Å². The fraction of sp³-hybridized carbons (Fsp3) is 0.481. The van der Waals surface area contributed by atoms with E-state index in [-0.39, 0.29) is 6.42 Å². The van der Waals surface area contributed by atoms with Gasteiger partial charge in [0.15, 0.2) is 0 Å². The van der Waals surface area contributed by atoms with Gasteiger partial charge in [0.1, 0.15) is 0 Å². The molecule has 4 rings (SSSR count). The molecule has 0 unspecified atom stereocenters. The maximum Gasteiger partial charge on any atom is 0.303 e. The largest absolute Gasteiger partial charge is 0.481 e. The number of carbonyl (C=O) groups is 1. The SMILES string of the molecule is CC(C)c1ccc(Nc2nc3cc(CCC(=O)O)ccc3n2[C@@H]2CCCC(C)(C)C2)cc1. The van der Waals surface area contributed by atoms with Gasteiger partial charge in [-0.2, -0.15) is 0 Å². The van der Waals surface area contributed by atoms with Crippen molar-refractivity contribution in [2.24, 2.45) is 5.41 Å². The molecule has 2 aromatic carbocycles. The van der Waals surface area contributed by atoms with Gasteiger partial charge in [-0.15, -0.1) is 0 Å². The second-order valence-electron chi connectivity index (χ2n) is 10.3. The van der Waals surface area contributed by atoms with E-state index >= 15 is 0 Å². The first-order valence-electron chi connectivity index (χ1n) is 11.8. The lowest BCUT2D eigenvalue weighted by Gasteiger charge is -2.36. The van der Waals surface area contributed by atoms with Crippen LogP contribution in [0.1, 0.15) is 82.9 Å². The first-order chi connectivity index (χ1) is 15.2. The van der Waals surface area contributed by atoms with E-state index in [0.717, 1.165) is 41.1 Å². The van der Waals surface area contributed by atoms with Crippen molar-refractivity contribution in [3.05, 3.63) is 53.6 Å². The number of imidazole rings is 1. The highest BCUT2D eigenvalue weighted by molar-refractivity contribution is 5.81. The van der Waals surface area contributed by atoms with Crippen molar-refractivity contribution in [3.8, 4) is 0 Å². The van der Waals surface area contributed by atoms with Crippen molar-refractivity contribution in [2.45, 2.75) is 78.2 Å². The highest BCUT2D eigenvalue weighted by atomic mass is 16.4. The molecular formula is C27H35N3O2. The summed E-state index contributed by atoms with van der Waals surface area (Å²) >= 11 is 0. The molecular weight excluding hydrogens is 398 g/mol. The van der Waals surface area contributed by atoms with Gasteiger partial charge < -0.3 is 15.0 Å². The number of nitrogens with one attached hydrogen (secondary N) is 1. The Bertz CT molecular complexity index is 1100. The molecule has 170 valence electrons. The number of carboxylic acids is 1. The molecule has 5 nitrogen and oxygen atoms in total. The van der Waals surface area contributed by atoms with Gasteiger partial charge in [0.05, 0.1) is 11.0 Å². The van der Waals surface area contributed by atoms with Crippen LogP contribution in [0.25, 0.3) is 11.0 Å². The van der Waals surface area contributed by atoms with Gasteiger partial charge in [-0.3, -0.25) is 4.79 Å². The predicted molar refractivity (Wildman–Crippen MR) is 131 cm³/mol. The minimum atomic E-state index is -0.771. The summed E-state index contributed by atoms with van der Waals surface area (Å²) in [6, 6.07) is 15.2. The smallest absolute Gasteiger partial charge is 0.303 e. The van der Waals surface area contributed by atoms with Crippen molar-refractivity contribution < 1.29 is 9.90 Å². The predicted octanol–water partition coefficient (Wildman–Crippen LogP) is 7.06. The highest BCUT2D eigenvalue weighted by Gasteiger charge is 2.31. The lowest BCUT2D eigenvalue weighted by atomic mass is 9.75. The molecule has 0 amide bonds. The summed E-state index contributed by atoms with van der Waals surface area (Å²) in [6.07, 6.45) is 5.41. The molecule has 32 heavy (non-hydrogen) atoms. The van der Waals surface area contributed by atoms with Crippen molar-refractivity contribution in [3.63, 3.8) is 0 Å². The van der Waals surface area contributed by atoms with Crippen LogP contribution in [-0.2, 0) is 11.2 Å². The van der Waals surface area contributed by atoms with Crippen LogP contribution in [0.3, 0.4) is 0 Å². The van der Waals surface area contributed by atoms with Gasteiger partial charge in [0.25, 0.3) is 0 Å². The summed E-state index contributed by atoms with van der Waals surface area (Å²) in [5.41, 5.74) is 5.73. The number of hydrogen-bond acceptors (Lipinski definition) is 3. The zero-order chi connectivity index (χ0) is 22.9. The Kier molecular flexibility index (Phi) is 6.27. The molecule has 3 aromatic rings. The summed E-state index contributed by atoms with van der Waals surface area (Å²) in [5.74, 6) is 0.602. The lowest BCUT2D eigenvalue weighted by Crippen LogP contribution is -2.25. The molecule has 1 aliphatic rings. The summed E-state index contributed by atoms with van der Waals surface area (Å²) in [7, 11) is 0. The third kappa shape index (κ3) is 4.98. The molecule has 2 N–H and O–H groups in total. The summed E-state index contributed by atoms with van der Waals surface area (Å²) < 4.78 is 2.38. The van der Waals surface area contributed by atoms with Crippen LogP contribution in [0, 0.1) is 5.41 Å². The lowest BCUT2D eigenvalue weighted by molar-refractivity contribution is -0.136. The zero-order valence-electron chi connectivity index (χ0n) is 19.7. The van der Waals surface area contributed by atoms with Crippen molar-refractivity contribution >= 4 is 28.6 Å². The number of aromatic nitrogens is 2. The minimum Gasteiger partial charge on any atom is -0.481 e. The third-order valence-electron chi connectivity index (χ3n) is 6.76. The van der Waals surface area contributed by atoms with E-state index in [9.17, 15) is 4.79 Å². The van der Waals surface area contributed by atoms with Crippen LogP contribution >= 0.6 is 0 Å². The summed E-state index contributed by atoms with van der Waals surface area (Å²) in [5, 5.41) is 12.6. The zero-order valence-corrected chi connectivity index (χ0v) is 19.7. The average molecular weight is 434 g/mol. The maximum absolute atomic E-state index is 11.0. The third-order valence-corrected chi connectivity index (χ3v) is 6.76. The Balaban J connectivity index is 1.72. The van der Waals surface area contributed by atoms with Crippen molar-refractivity contribution in [1.82, 2.24) is 9.55 Å². The van der Waals surface area contributed by atoms with Gasteiger partial charge in [-0.05, 0) is 72.4 Å². The van der Waals surface area contributed by atoms with Gasteiger partial charge >= 0.3 is 5.97 Å². The highest BCUT2D eigenvalue weighted by Crippen LogP contribution is 2.43. The Morgan fingerprint density at radius 2 is 1.97 bits per heavy atom. The molecule has 1 heterocycles. The number of rotatable bonds is 7. The van der Waals surface area contributed by atoms with E-state index in [2.05, 4.69) is 80.0 Å². The summed E-state index contributed by atoms with van der Waals surface area (Å²) in [4.78, 5) is 16.0. The fourth-order valence-electron chi connectivity index (χ4n) is 4.97. The Morgan fingerprint density at radius 3 is 2.62 bits per heavy atom. The van der Waals surface area contributed by atoms with E-state index in [1.165, 1.54) is 18.4 Å². The van der Waals surface area contributed by atoms with E-state index in [0.29, 0.717) is 23.8 Å². The molecule has 0 spiro atoms. The van der Waals surface area contributed by atoms with E-state index in [1.54, 1.807) is 0 Å². The summed E-state index contributed by atoms with van der Waals surface area (Å²) in [6.45, 7) is 9.13. The molecule has 1 aliphatic carbocycles. The number of aryl methyl sites for hydroxylation is 1. The van der Waals surface area contributed by atoms with E-state index in [4.69, 9.17) is 10.1 Å². The molecule has 0 radical (unpaired) electrons. The topological polar surface area (TPSA) is 67.2 Å². The van der Waals surface area contributed by atoms with Crippen LogP contribution in [0.4, 0.5) is 11.6 Å². The molecule has 0 bridgehead atoms. The standard InChI is InChI=1S/C27H35N3O2/c1-18(2)20-9-11-21(12-10-20)28-26-29-23-16-19(8-14-25(31)32)7-13-24(23)30(26)22-6-5-15-27(3,4)17-22/h7,9-13,16,18,22H,5-6,8,14-15,17H2,1-4H3,(H,28,29)(H,31,32)/t22-/m1/s1. The quantitative estimate of drug-likeness (QED) is 0.418. The minimum absolute atomic E-state index is 0.135. The Morgan fingerprint density at radius 1 is 1.22 bits per heavy atom. The molecule has 1 aromatic heterocycles. The monoisotopic (exact) mass is 433 g/mol. The number of hydrogen-bond donors (Lipinski definition) is 2. The van der Waals surface area contributed by atoms with Crippen molar-refractivity contribution in [2.75, 3.05) is 5.32 Å². The molecule has 1 fully saturated rings. The normalized spacial score (nSPS) is 18.2. The average Bonchev–Trinajstić information content (AvgIpc) is 3.08. The van der Waals surface area contributed by atoms with E-state index < -0.39 is 5.97 Å².